The summed E-state index contributed by atoms with van der Waals surface area (Å²) in [5.41, 5.74) is 7.48. The van der Waals surface area contributed by atoms with E-state index in [0.717, 1.165) is 22.4 Å². The van der Waals surface area contributed by atoms with E-state index in [1.165, 1.54) is 0 Å². The Kier molecular flexibility index (Phi) is 3.19. The lowest BCUT2D eigenvalue weighted by Crippen LogP contribution is -2.20. The van der Waals surface area contributed by atoms with Crippen molar-refractivity contribution in [3.8, 4) is 11.5 Å². The molecule has 2 heterocycles. The lowest BCUT2D eigenvalue weighted by Gasteiger charge is -2.19. The maximum Gasteiger partial charge on any atom is 0.258 e. The van der Waals surface area contributed by atoms with Gasteiger partial charge in [0.05, 0.1) is 6.54 Å². The number of pyridine rings is 1. The Morgan fingerprint density at radius 3 is 2.70 bits per heavy atom. The first kappa shape index (κ1) is 13.7. The van der Waals surface area contributed by atoms with Crippen LogP contribution in [0.1, 0.15) is 5.56 Å². The van der Waals surface area contributed by atoms with Crippen molar-refractivity contribution in [1.29, 1.82) is 0 Å². The van der Waals surface area contributed by atoms with E-state index in [4.69, 9.17) is 15.2 Å². The maximum absolute atomic E-state index is 12.6. The van der Waals surface area contributed by atoms with Crippen LogP contribution < -0.4 is 20.8 Å². The van der Waals surface area contributed by atoms with Crippen molar-refractivity contribution in [2.75, 3.05) is 18.9 Å². The normalized spacial score (nSPS) is 13.2. The van der Waals surface area contributed by atoms with Crippen molar-refractivity contribution < 1.29 is 9.47 Å². The zero-order chi connectivity index (χ0) is 15.8. The maximum atomic E-state index is 12.6. The molecule has 0 spiro atoms. The summed E-state index contributed by atoms with van der Waals surface area (Å²) in [6, 6.07) is 13.0. The molecule has 116 valence electrons. The van der Waals surface area contributed by atoms with Crippen molar-refractivity contribution in [2.45, 2.75) is 6.54 Å². The van der Waals surface area contributed by atoms with Crippen LogP contribution in [0.5, 0.6) is 11.5 Å². The van der Waals surface area contributed by atoms with E-state index in [9.17, 15) is 4.79 Å². The Morgan fingerprint density at radius 2 is 1.83 bits per heavy atom. The molecule has 5 heteroatoms. The van der Waals surface area contributed by atoms with Crippen LogP contribution in [0, 0.1) is 0 Å². The second-order valence-corrected chi connectivity index (χ2v) is 5.54. The summed E-state index contributed by atoms with van der Waals surface area (Å²) in [6.45, 7) is 1.59. The molecule has 0 saturated heterocycles. The summed E-state index contributed by atoms with van der Waals surface area (Å²) >= 11 is 0. The van der Waals surface area contributed by atoms with Gasteiger partial charge in [-0.2, -0.15) is 0 Å². The zero-order valence-corrected chi connectivity index (χ0v) is 12.5. The van der Waals surface area contributed by atoms with E-state index in [-0.39, 0.29) is 5.56 Å². The largest absolute Gasteiger partial charge is 0.486 e. The quantitative estimate of drug-likeness (QED) is 0.738. The summed E-state index contributed by atoms with van der Waals surface area (Å²) < 4.78 is 12.8. The molecule has 1 aliphatic rings. The SMILES string of the molecule is Nc1cccc2c(=O)n(Cc3ccc4c(c3)OCCO4)ccc12. The highest BCUT2D eigenvalue weighted by atomic mass is 16.6. The fraction of sp³-hybridized carbons (Fsp3) is 0.167. The number of fused-ring (bicyclic) bond motifs is 2. The molecule has 0 atom stereocenters. The molecule has 1 aliphatic heterocycles. The first-order chi connectivity index (χ1) is 11.2. The standard InChI is InChI=1S/C18H16N2O3/c19-15-3-1-2-14-13(15)6-7-20(18(14)21)11-12-4-5-16-17(10-12)23-9-8-22-16/h1-7,10H,8-9,11,19H2. The molecule has 0 amide bonds. The summed E-state index contributed by atoms with van der Waals surface area (Å²) in [5, 5.41) is 1.42. The number of rotatable bonds is 2. The van der Waals surface area contributed by atoms with Gasteiger partial charge >= 0.3 is 0 Å². The van der Waals surface area contributed by atoms with Gasteiger partial charge in [-0.15, -0.1) is 0 Å². The minimum atomic E-state index is -0.0512. The summed E-state index contributed by atoms with van der Waals surface area (Å²) in [6.07, 6.45) is 1.78. The average molecular weight is 308 g/mol. The van der Waals surface area contributed by atoms with Crippen molar-refractivity contribution >= 4 is 16.5 Å². The molecule has 5 nitrogen and oxygen atoms in total. The van der Waals surface area contributed by atoms with Gasteiger partial charge in [0.2, 0.25) is 0 Å². The van der Waals surface area contributed by atoms with Gasteiger partial charge in [0.15, 0.2) is 11.5 Å². The van der Waals surface area contributed by atoms with Gasteiger partial charge in [-0.05, 0) is 35.9 Å². The fourth-order valence-corrected chi connectivity index (χ4v) is 2.85. The van der Waals surface area contributed by atoms with Gasteiger partial charge in [-0.3, -0.25) is 4.79 Å². The molecule has 4 rings (SSSR count). The van der Waals surface area contributed by atoms with Crippen LogP contribution in [0.3, 0.4) is 0 Å². The molecule has 0 fully saturated rings. The number of benzene rings is 2. The van der Waals surface area contributed by atoms with Crippen molar-refractivity contribution in [2.24, 2.45) is 0 Å². The van der Waals surface area contributed by atoms with E-state index < -0.39 is 0 Å². The predicted molar refractivity (Wildman–Crippen MR) is 89.2 cm³/mol. The van der Waals surface area contributed by atoms with Crippen LogP contribution in [-0.4, -0.2) is 17.8 Å². The number of anilines is 1. The van der Waals surface area contributed by atoms with Crippen molar-refractivity contribution in [3.05, 3.63) is 64.6 Å². The van der Waals surface area contributed by atoms with E-state index in [2.05, 4.69) is 0 Å². The van der Waals surface area contributed by atoms with Gasteiger partial charge in [-0.1, -0.05) is 12.1 Å². The molecule has 0 unspecified atom stereocenters. The second-order valence-electron chi connectivity index (χ2n) is 5.54. The third-order valence-corrected chi connectivity index (χ3v) is 4.01. The van der Waals surface area contributed by atoms with E-state index in [1.807, 2.05) is 24.3 Å². The third kappa shape index (κ3) is 2.40. The Bertz CT molecular complexity index is 947. The van der Waals surface area contributed by atoms with Crippen molar-refractivity contribution in [1.82, 2.24) is 4.57 Å². The monoisotopic (exact) mass is 308 g/mol. The molecule has 0 aliphatic carbocycles. The van der Waals surface area contributed by atoms with Crippen LogP contribution >= 0.6 is 0 Å². The topological polar surface area (TPSA) is 66.5 Å². The van der Waals surface area contributed by atoms with Gasteiger partial charge in [-0.25, -0.2) is 0 Å². The van der Waals surface area contributed by atoms with Gasteiger partial charge in [0.25, 0.3) is 5.56 Å². The van der Waals surface area contributed by atoms with Gasteiger partial charge in [0, 0.05) is 22.7 Å². The Balaban J connectivity index is 1.73. The smallest absolute Gasteiger partial charge is 0.258 e. The van der Waals surface area contributed by atoms with Gasteiger partial charge < -0.3 is 19.8 Å². The highest BCUT2D eigenvalue weighted by Crippen LogP contribution is 2.31. The molecule has 3 aromatic rings. The molecule has 0 bridgehead atoms. The zero-order valence-electron chi connectivity index (χ0n) is 12.5. The highest BCUT2D eigenvalue weighted by molar-refractivity contribution is 5.91. The number of nitrogens with zero attached hydrogens (tertiary/aromatic N) is 1. The number of nitrogen functional groups attached to an aromatic ring is 1. The number of hydrogen-bond acceptors (Lipinski definition) is 4. The number of nitrogens with two attached hydrogens (primary N) is 1. The Labute approximate surface area is 132 Å². The molecular formula is C18H16N2O3. The lowest BCUT2D eigenvalue weighted by molar-refractivity contribution is 0.171. The second kappa shape index (κ2) is 5.35. The van der Waals surface area contributed by atoms with Crippen LogP contribution in [0.25, 0.3) is 10.8 Å². The molecule has 2 aromatic carbocycles. The minimum Gasteiger partial charge on any atom is -0.486 e. The molecule has 1 aromatic heterocycles. The van der Waals surface area contributed by atoms with E-state index >= 15 is 0 Å². The number of aromatic nitrogens is 1. The van der Waals surface area contributed by atoms with E-state index in [1.54, 1.807) is 29.0 Å². The minimum absolute atomic E-state index is 0.0512. The molecule has 23 heavy (non-hydrogen) atoms. The molecule has 0 saturated carbocycles. The van der Waals surface area contributed by atoms with E-state index in [0.29, 0.717) is 30.8 Å². The van der Waals surface area contributed by atoms with Crippen LogP contribution in [0.4, 0.5) is 5.69 Å². The average Bonchev–Trinajstić information content (AvgIpc) is 2.58. The van der Waals surface area contributed by atoms with Crippen molar-refractivity contribution in [3.63, 3.8) is 0 Å². The van der Waals surface area contributed by atoms with Crippen LogP contribution in [-0.2, 0) is 6.54 Å². The highest BCUT2D eigenvalue weighted by Gasteiger charge is 2.12. The van der Waals surface area contributed by atoms with Gasteiger partial charge in [0.1, 0.15) is 13.2 Å². The molecule has 0 radical (unpaired) electrons. The summed E-state index contributed by atoms with van der Waals surface area (Å²) in [7, 11) is 0. The fourth-order valence-electron chi connectivity index (χ4n) is 2.85. The van der Waals surface area contributed by atoms with Crippen LogP contribution in [0.2, 0.25) is 0 Å². The first-order valence-electron chi connectivity index (χ1n) is 7.48. The predicted octanol–water partition coefficient (Wildman–Crippen LogP) is 2.40. The summed E-state index contributed by atoms with van der Waals surface area (Å²) in [5.74, 6) is 1.48. The molecular weight excluding hydrogens is 292 g/mol. The number of ether oxygens (including phenoxy) is 2. The lowest BCUT2D eigenvalue weighted by atomic mass is 10.1. The Morgan fingerprint density at radius 1 is 1.00 bits per heavy atom. The third-order valence-electron chi connectivity index (χ3n) is 4.01. The van der Waals surface area contributed by atoms with Crippen LogP contribution in [0.15, 0.2) is 53.5 Å². The first-order valence-corrected chi connectivity index (χ1v) is 7.48. The number of hydrogen-bond donors (Lipinski definition) is 1. The summed E-state index contributed by atoms with van der Waals surface area (Å²) in [4.78, 5) is 12.6. The molecule has 2 N–H and O–H groups in total. The Hall–Kier alpha value is -2.95.